The number of morpholine rings is 1. The van der Waals surface area contributed by atoms with Crippen LogP contribution in [0.2, 0.25) is 0 Å². The van der Waals surface area contributed by atoms with Gasteiger partial charge < -0.3 is 14.6 Å². The smallest absolute Gasteiger partial charge is 0.267 e. The second-order valence-corrected chi connectivity index (χ2v) is 5.82. The first-order valence-electron chi connectivity index (χ1n) is 7.99. The molecule has 1 aromatic carbocycles. The molecule has 23 heavy (non-hydrogen) atoms. The second-order valence-electron chi connectivity index (χ2n) is 5.82. The highest BCUT2D eigenvalue weighted by molar-refractivity contribution is 5.98. The minimum atomic E-state index is -0.301. The van der Waals surface area contributed by atoms with Crippen LogP contribution in [0.3, 0.4) is 0 Å². The molecule has 1 N–H and O–H groups in total. The zero-order chi connectivity index (χ0) is 16.2. The van der Waals surface area contributed by atoms with Crippen LogP contribution < -0.4 is 5.32 Å². The van der Waals surface area contributed by atoms with Gasteiger partial charge in [0.05, 0.1) is 18.7 Å². The molecule has 1 saturated heterocycles. The number of aromatic nitrogens is 1. The molecule has 3 rings (SSSR count). The Balaban J connectivity index is 1.56. The average Bonchev–Trinajstić information content (AvgIpc) is 2.91. The average molecular weight is 319 g/mol. The third-order valence-corrected chi connectivity index (χ3v) is 4.31. The Morgan fingerprint density at radius 2 is 2.13 bits per heavy atom. The van der Waals surface area contributed by atoms with E-state index in [1.807, 2.05) is 6.07 Å². The van der Waals surface area contributed by atoms with Crippen molar-refractivity contribution in [3.05, 3.63) is 35.8 Å². The lowest BCUT2D eigenvalue weighted by molar-refractivity contribution is 0.0374. The maximum atomic E-state index is 13.8. The Morgan fingerprint density at radius 3 is 2.87 bits per heavy atom. The zero-order valence-corrected chi connectivity index (χ0v) is 13.3. The summed E-state index contributed by atoms with van der Waals surface area (Å²) >= 11 is 0. The van der Waals surface area contributed by atoms with E-state index in [9.17, 15) is 9.18 Å². The van der Waals surface area contributed by atoms with Gasteiger partial charge in [0.1, 0.15) is 11.5 Å². The highest BCUT2D eigenvalue weighted by Gasteiger charge is 2.15. The third kappa shape index (κ3) is 3.54. The Labute approximate surface area is 135 Å². The molecule has 0 saturated carbocycles. The number of hydrogen-bond acceptors (Lipinski definition) is 3. The summed E-state index contributed by atoms with van der Waals surface area (Å²) in [5, 5.41) is 3.40. The molecule has 0 radical (unpaired) electrons. The van der Waals surface area contributed by atoms with Gasteiger partial charge in [0.2, 0.25) is 0 Å². The molecule has 1 aliphatic heterocycles. The number of carbonyl (C=O) groups is 1. The van der Waals surface area contributed by atoms with Crippen LogP contribution in [0.5, 0.6) is 0 Å². The molecule has 6 heteroatoms. The van der Waals surface area contributed by atoms with E-state index in [4.69, 9.17) is 4.74 Å². The Kier molecular flexibility index (Phi) is 4.93. The molecular weight excluding hydrogens is 297 g/mol. The number of benzene rings is 1. The van der Waals surface area contributed by atoms with Crippen LogP contribution in [-0.2, 0) is 11.8 Å². The fourth-order valence-electron chi connectivity index (χ4n) is 2.96. The van der Waals surface area contributed by atoms with Gasteiger partial charge in [-0.2, -0.15) is 0 Å². The van der Waals surface area contributed by atoms with Crippen LogP contribution >= 0.6 is 0 Å². The van der Waals surface area contributed by atoms with E-state index < -0.39 is 0 Å². The predicted octanol–water partition coefficient (Wildman–Crippen LogP) is 1.77. The number of nitrogens with zero attached hydrogens (tertiary/aromatic N) is 2. The number of hydrogen-bond donors (Lipinski definition) is 1. The van der Waals surface area contributed by atoms with Gasteiger partial charge in [-0.15, -0.1) is 0 Å². The number of halogens is 1. The van der Waals surface area contributed by atoms with Gasteiger partial charge in [-0.25, -0.2) is 4.39 Å². The molecule has 0 atom stereocenters. The van der Waals surface area contributed by atoms with E-state index >= 15 is 0 Å². The van der Waals surface area contributed by atoms with Crippen molar-refractivity contribution in [3.8, 4) is 0 Å². The van der Waals surface area contributed by atoms with Crippen LogP contribution in [0.15, 0.2) is 24.3 Å². The Bertz CT molecular complexity index is 692. The van der Waals surface area contributed by atoms with Crippen LogP contribution in [0, 0.1) is 5.82 Å². The topological polar surface area (TPSA) is 46.5 Å². The lowest BCUT2D eigenvalue weighted by atomic mass is 10.2. The first kappa shape index (κ1) is 16.0. The predicted molar refractivity (Wildman–Crippen MR) is 87.1 cm³/mol. The number of aryl methyl sites for hydroxylation is 1. The third-order valence-electron chi connectivity index (χ3n) is 4.31. The Morgan fingerprint density at radius 1 is 1.35 bits per heavy atom. The molecule has 124 valence electrons. The summed E-state index contributed by atoms with van der Waals surface area (Å²) in [4.78, 5) is 14.6. The fourth-order valence-corrected chi connectivity index (χ4v) is 2.96. The molecule has 0 spiro atoms. The maximum Gasteiger partial charge on any atom is 0.267 e. The number of fused-ring (bicyclic) bond motifs is 1. The highest BCUT2D eigenvalue weighted by Crippen LogP contribution is 2.21. The standard InChI is InChI=1S/C17H22FN3O2/c1-20-15-5-2-4-14(18)13(15)12-16(20)17(22)19-6-3-7-21-8-10-23-11-9-21/h2,4-5,12H,3,6-11H2,1H3,(H,19,22). The first-order chi connectivity index (χ1) is 11.2. The Hall–Kier alpha value is -1.92. The number of ether oxygens (including phenoxy) is 1. The quantitative estimate of drug-likeness (QED) is 0.855. The first-order valence-corrected chi connectivity index (χ1v) is 7.99. The van der Waals surface area contributed by atoms with E-state index in [0.29, 0.717) is 17.6 Å². The summed E-state index contributed by atoms with van der Waals surface area (Å²) in [6.07, 6.45) is 0.893. The number of nitrogens with one attached hydrogen (secondary N) is 1. The largest absolute Gasteiger partial charge is 0.379 e. The molecule has 1 amide bonds. The lowest BCUT2D eigenvalue weighted by Crippen LogP contribution is -2.38. The van der Waals surface area contributed by atoms with E-state index in [-0.39, 0.29) is 11.7 Å². The molecule has 0 aliphatic carbocycles. The zero-order valence-electron chi connectivity index (χ0n) is 13.3. The molecule has 1 aromatic heterocycles. The van der Waals surface area contributed by atoms with Gasteiger partial charge in [0.25, 0.3) is 5.91 Å². The molecule has 2 heterocycles. The summed E-state index contributed by atoms with van der Waals surface area (Å²) in [5.74, 6) is -0.463. The summed E-state index contributed by atoms with van der Waals surface area (Å²) in [6, 6.07) is 6.49. The normalized spacial score (nSPS) is 15.9. The molecular formula is C17H22FN3O2. The second kappa shape index (κ2) is 7.10. The van der Waals surface area contributed by atoms with Crippen LogP contribution in [0.25, 0.3) is 10.9 Å². The van der Waals surface area contributed by atoms with Gasteiger partial charge >= 0.3 is 0 Å². The summed E-state index contributed by atoms with van der Waals surface area (Å²) in [7, 11) is 1.78. The molecule has 0 unspecified atom stereocenters. The van der Waals surface area contributed by atoms with Crippen molar-refractivity contribution in [2.75, 3.05) is 39.4 Å². The minimum Gasteiger partial charge on any atom is -0.379 e. The molecule has 5 nitrogen and oxygen atoms in total. The summed E-state index contributed by atoms with van der Waals surface area (Å²) in [5.41, 5.74) is 1.21. The van der Waals surface area contributed by atoms with Crippen molar-refractivity contribution in [1.29, 1.82) is 0 Å². The molecule has 1 aliphatic rings. The summed E-state index contributed by atoms with van der Waals surface area (Å²) in [6.45, 7) is 5.04. The van der Waals surface area contributed by atoms with Crippen molar-refractivity contribution in [2.45, 2.75) is 6.42 Å². The van der Waals surface area contributed by atoms with Crippen LogP contribution in [0.1, 0.15) is 16.9 Å². The summed E-state index contributed by atoms with van der Waals surface area (Å²) < 4.78 is 20.8. The highest BCUT2D eigenvalue weighted by atomic mass is 19.1. The number of amides is 1. The van der Waals surface area contributed by atoms with Crippen molar-refractivity contribution in [1.82, 2.24) is 14.8 Å². The lowest BCUT2D eigenvalue weighted by Gasteiger charge is -2.26. The SMILES string of the molecule is Cn1c(C(=O)NCCCN2CCOCC2)cc2c(F)cccc21. The van der Waals surface area contributed by atoms with Gasteiger partial charge in [0, 0.05) is 32.1 Å². The monoisotopic (exact) mass is 319 g/mol. The van der Waals surface area contributed by atoms with E-state index in [2.05, 4.69) is 10.2 Å². The molecule has 1 fully saturated rings. The number of carbonyl (C=O) groups excluding carboxylic acids is 1. The molecule has 2 aromatic rings. The number of rotatable bonds is 5. The minimum absolute atomic E-state index is 0.162. The van der Waals surface area contributed by atoms with E-state index in [0.717, 1.165) is 44.8 Å². The van der Waals surface area contributed by atoms with Gasteiger partial charge in [-0.05, 0) is 31.2 Å². The van der Waals surface area contributed by atoms with Crippen molar-refractivity contribution in [2.24, 2.45) is 7.05 Å². The maximum absolute atomic E-state index is 13.8. The van der Waals surface area contributed by atoms with Crippen molar-refractivity contribution in [3.63, 3.8) is 0 Å². The van der Waals surface area contributed by atoms with Gasteiger partial charge in [-0.3, -0.25) is 9.69 Å². The van der Waals surface area contributed by atoms with Crippen LogP contribution in [-0.4, -0.2) is 54.8 Å². The van der Waals surface area contributed by atoms with Gasteiger partial charge in [-0.1, -0.05) is 6.07 Å². The van der Waals surface area contributed by atoms with E-state index in [1.54, 1.807) is 23.7 Å². The molecule has 0 bridgehead atoms. The fraction of sp³-hybridized carbons (Fsp3) is 0.471. The van der Waals surface area contributed by atoms with Crippen molar-refractivity contribution >= 4 is 16.8 Å². The van der Waals surface area contributed by atoms with Crippen molar-refractivity contribution < 1.29 is 13.9 Å². The van der Waals surface area contributed by atoms with Gasteiger partial charge in [0.15, 0.2) is 0 Å². The van der Waals surface area contributed by atoms with E-state index in [1.165, 1.54) is 6.07 Å². The van der Waals surface area contributed by atoms with Crippen LogP contribution in [0.4, 0.5) is 4.39 Å².